The van der Waals surface area contributed by atoms with Gasteiger partial charge in [0.2, 0.25) is 0 Å². The summed E-state index contributed by atoms with van der Waals surface area (Å²) in [5.41, 5.74) is 3.11. The van der Waals surface area contributed by atoms with Crippen molar-refractivity contribution in [3.8, 4) is 11.1 Å². The highest BCUT2D eigenvalue weighted by Gasteiger charge is 2.49. The molecule has 2 aliphatic rings. The van der Waals surface area contributed by atoms with Crippen LogP contribution in [0.15, 0.2) is 48.5 Å². The monoisotopic (exact) mass is 312 g/mol. The number of nitrogens with zero attached hydrogens (tertiary/aromatic N) is 1. The molecule has 1 N–H and O–H groups in total. The van der Waals surface area contributed by atoms with Crippen LogP contribution in [0.5, 0.6) is 0 Å². The second-order valence-corrected chi connectivity index (χ2v) is 6.75. The second-order valence-electron chi connectivity index (χ2n) is 6.32. The first-order valence-corrected chi connectivity index (χ1v) is 7.90. The molecule has 2 heterocycles. The minimum absolute atomic E-state index is 0.128. The molecule has 0 atom stereocenters. The molecule has 2 aliphatic heterocycles. The molecule has 112 valence electrons. The normalized spacial score (nSPS) is 18.7. The van der Waals surface area contributed by atoms with E-state index in [1.54, 1.807) is 0 Å². The Labute approximate surface area is 134 Å². The first kappa shape index (κ1) is 13.8. The van der Waals surface area contributed by atoms with Gasteiger partial charge >= 0.3 is 0 Å². The van der Waals surface area contributed by atoms with Crippen LogP contribution in [0.2, 0.25) is 5.02 Å². The fourth-order valence-corrected chi connectivity index (χ4v) is 3.46. The average molecular weight is 313 g/mol. The standard InChI is InChI=1S/C18H17ClN2O/c19-14-7-5-13(6-8-14)15-3-1-2-4-16(15)17(22)21-11-18(12-21)9-20-10-18/h1-8,20H,9-12H2. The SMILES string of the molecule is O=C(c1ccccc1-c1ccc(Cl)cc1)N1CC2(CNC2)C1. The molecule has 1 spiro atoms. The Hall–Kier alpha value is -1.84. The van der Waals surface area contributed by atoms with E-state index in [1.165, 1.54) is 0 Å². The molecule has 2 fully saturated rings. The van der Waals surface area contributed by atoms with Crippen molar-refractivity contribution in [2.45, 2.75) is 0 Å². The summed E-state index contributed by atoms with van der Waals surface area (Å²) in [6, 6.07) is 15.4. The molecule has 0 bridgehead atoms. The Bertz CT molecular complexity index is 714. The van der Waals surface area contributed by atoms with Gasteiger partial charge in [-0.3, -0.25) is 4.79 Å². The summed E-state index contributed by atoms with van der Waals surface area (Å²) < 4.78 is 0. The largest absolute Gasteiger partial charge is 0.337 e. The minimum atomic E-state index is 0.128. The third kappa shape index (κ3) is 2.21. The van der Waals surface area contributed by atoms with Crippen molar-refractivity contribution in [2.75, 3.05) is 26.2 Å². The maximum absolute atomic E-state index is 12.8. The molecule has 2 saturated heterocycles. The van der Waals surface area contributed by atoms with E-state index >= 15 is 0 Å². The van der Waals surface area contributed by atoms with Crippen LogP contribution in [0, 0.1) is 5.41 Å². The fourth-order valence-electron chi connectivity index (χ4n) is 3.33. The average Bonchev–Trinajstić information content (AvgIpc) is 2.45. The van der Waals surface area contributed by atoms with E-state index in [9.17, 15) is 4.79 Å². The van der Waals surface area contributed by atoms with Gasteiger partial charge in [0.1, 0.15) is 0 Å². The predicted molar refractivity (Wildman–Crippen MR) is 88.1 cm³/mol. The van der Waals surface area contributed by atoms with E-state index in [-0.39, 0.29) is 5.91 Å². The lowest BCUT2D eigenvalue weighted by atomic mass is 9.74. The van der Waals surface area contributed by atoms with Crippen LogP contribution in [-0.2, 0) is 0 Å². The predicted octanol–water partition coefficient (Wildman–Crippen LogP) is 3.05. The smallest absolute Gasteiger partial charge is 0.254 e. The maximum Gasteiger partial charge on any atom is 0.254 e. The van der Waals surface area contributed by atoms with Crippen molar-refractivity contribution in [3.05, 3.63) is 59.1 Å². The van der Waals surface area contributed by atoms with E-state index in [4.69, 9.17) is 11.6 Å². The fraction of sp³-hybridized carbons (Fsp3) is 0.278. The summed E-state index contributed by atoms with van der Waals surface area (Å²) in [4.78, 5) is 14.7. The maximum atomic E-state index is 12.8. The number of halogens is 1. The van der Waals surface area contributed by atoms with Crippen LogP contribution in [-0.4, -0.2) is 37.0 Å². The van der Waals surface area contributed by atoms with Gasteiger partial charge in [-0.25, -0.2) is 0 Å². The third-order valence-electron chi connectivity index (χ3n) is 4.65. The lowest BCUT2D eigenvalue weighted by Crippen LogP contribution is -2.71. The first-order chi connectivity index (χ1) is 10.7. The zero-order valence-electron chi connectivity index (χ0n) is 12.2. The van der Waals surface area contributed by atoms with Crippen LogP contribution in [0.1, 0.15) is 10.4 Å². The van der Waals surface area contributed by atoms with Crippen LogP contribution in [0.3, 0.4) is 0 Å². The molecule has 0 saturated carbocycles. The number of hydrogen-bond donors (Lipinski definition) is 1. The Balaban J connectivity index is 1.62. The van der Waals surface area contributed by atoms with Crippen molar-refractivity contribution in [1.29, 1.82) is 0 Å². The Kier molecular flexibility index (Phi) is 3.21. The number of carbonyl (C=O) groups is 1. The van der Waals surface area contributed by atoms with Gasteiger partial charge in [0, 0.05) is 42.2 Å². The van der Waals surface area contributed by atoms with Gasteiger partial charge < -0.3 is 10.2 Å². The highest BCUT2D eigenvalue weighted by molar-refractivity contribution is 6.30. The van der Waals surface area contributed by atoms with Crippen LogP contribution in [0.25, 0.3) is 11.1 Å². The first-order valence-electron chi connectivity index (χ1n) is 7.52. The van der Waals surface area contributed by atoms with E-state index in [0.29, 0.717) is 10.4 Å². The molecule has 2 aromatic rings. The molecule has 0 aromatic heterocycles. The summed E-state index contributed by atoms with van der Waals surface area (Å²) in [5.74, 6) is 0.128. The van der Waals surface area contributed by atoms with E-state index < -0.39 is 0 Å². The summed E-state index contributed by atoms with van der Waals surface area (Å²) in [6.45, 7) is 3.81. The number of amides is 1. The molecule has 4 heteroatoms. The lowest BCUT2D eigenvalue weighted by molar-refractivity contribution is -0.0247. The van der Waals surface area contributed by atoms with Gasteiger partial charge in [-0.2, -0.15) is 0 Å². The third-order valence-corrected chi connectivity index (χ3v) is 4.90. The Morgan fingerprint density at radius 2 is 1.73 bits per heavy atom. The summed E-state index contributed by atoms with van der Waals surface area (Å²) in [7, 11) is 0. The minimum Gasteiger partial charge on any atom is -0.337 e. The topological polar surface area (TPSA) is 32.3 Å². The Morgan fingerprint density at radius 3 is 2.36 bits per heavy atom. The Morgan fingerprint density at radius 1 is 1.05 bits per heavy atom. The quantitative estimate of drug-likeness (QED) is 0.924. The molecule has 4 rings (SSSR count). The van der Waals surface area contributed by atoms with Crippen LogP contribution in [0.4, 0.5) is 0 Å². The molecule has 2 aromatic carbocycles. The molecule has 3 nitrogen and oxygen atoms in total. The number of hydrogen-bond acceptors (Lipinski definition) is 2. The molecular weight excluding hydrogens is 296 g/mol. The highest BCUT2D eigenvalue weighted by atomic mass is 35.5. The number of benzene rings is 2. The van der Waals surface area contributed by atoms with Crippen molar-refractivity contribution in [1.82, 2.24) is 10.2 Å². The molecular formula is C18H17ClN2O. The van der Waals surface area contributed by atoms with Gasteiger partial charge in [-0.15, -0.1) is 0 Å². The summed E-state index contributed by atoms with van der Waals surface area (Å²) in [6.07, 6.45) is 0. The van der Waals surface area contributed by atoms with Crippen molar-refractivity contribution >= 4 is 17.5 Å². The van der Waals surface area contributed by atoms with E-state index in [2.05, 4.69) is 5.32 Å². The molecule has 0 aliphatic carbocycles. The van der Waals surface area contributed by atoms with Crippen LogP contribution < -0.4 is 5.32 Å². The van der Waals surface area contributed by atoms with Gasteiger partial charge in [-0.1, -0.05) is 41.9 Å². The highest BCUT2D eigenvalue weighted by Crippen LogP contribution is 2.36. The number of rotatable bonds is 2. The molecule has 0 radical (unpaired) electrons. The second kappa shape index (κ2) is 5.11. The number of carbonyl (C=O) groups excluding carboxylic acids is 1. The van der Waals surface area contributed by atoms with Crippen molar-refractivity contribution in [3.63, 3.8) is 0 Å². The van der Waals surface area contributed by atoms with Crippen molar-refractivity contribution < 1.29 is 4.79 Å². The summed E-state index contributed by atoms with van der Waals surface area (Å²) in [5, 5.41) is 4.00. The summed E-state index contributed by atoms with van der Waals surface area (Å²) >= 11 is 5.96. The molecule has 0 unspecified atom stereocenters. The molecule has 22 heavy (non-hydrogen) atoms. The van der Waals surface area contributed by atoms with Gasteiger partial charge in [0.25, 0.3) is 5.91 Å². The zero-order valence-corrected chi connectivity index (χ0v) is 12.9. The van der Waals surface area contributed by atoms with Crippen LogP contribution >= 0.6 is 11.6 Å². The zero-order chi connectivity index (χ0) is 15.2. The van der Waals surface area contributed by atoms with Crippen molar-refractivity contribution in [2.24, 2.45) is 5.41 Å². The van der Waals surface area contributed by atoms with E-state index in [1.807, 2.05) is 53.4 Å². The number of likely N-dealkylation sites (tertiary alicyclic amines) is 1. The van der Waals surface area contributed by atoms with E-state index in [0.717, 1.165) is 42.9 Å². The van der Waals surface area contributed by atoms with Gasteiger partial charge in [0.15, 0.2) is 0 Å². The molecule has 1 amide bonds. The van der Waals surface area contributed by atoms with Gasteiger partial charge in [0.05, 0.1) is 0 Å². The van der Waals surface area contributed by atoms with Gasteiger partial charge in [-0.05, 0) is 29.3 Å². The lowest BCUT2D eigenvalue weighted by Gasteiger charge is -2.56. The number of nitrogens with one attached hydrogen (secondary N) is 1.